The molecule has 5 rings (SSSR count). The first-order chi connectivity index (χ1) is 13.8. The van der Waals surface area contributed by atoms with Gasteiger partial charge in [-0.3, -0.25) is 4.79 Å². The fourth-order valence-corrected chi connectivity index (χ4v) is 3.32. The number of benzene rings is 2. The molecule has 1 unspecified atom stereocenters. The van der Waals surface area contributed by atoms with Gasteiger partial charge < -0.3 is 15.3 Å². The van der Waals surface area contributed by atoms with Crippen LogP contribution in [0.25, 0.3) is 21.9 Å². The minimum Gasteiger partial charge on any atom is -0.356 e. The average Bonchev–Trinajstić information content (AvgIpc) is 3.22. The molecule has 136 valence electrons. The van der Waals surface area contributed by atoms with E-state index >= 15 is 0 Å². The van der Waals surface area contributed by atoms with E-state index < -0.39 is 0 Å². The van der Waals surface area contributed by atoms with Gasteiger partial charge in [0.25, 0.3) is 5.56 Å². The quantitative estimate of drug-likeness (QED) is 0.451. The Morgan fingerprint density at radius 1 is 0.893 bits per heavy atom. The van der Waals surface area contributed by atoms with Gasteiger partial charge in [-0.05, 0) is 23.8 Å². The summed E-state index contributed by atoms with van der Waals surface area (Å²) in [6.07, 6.45) is 3.32. The van der Waals surface area contributed by atoms with Crippen molar-refractivity contribution in [1.82, 2.24) is 24.9 Å². The van der Waals surface area contributed by atoms with E-state index in [0.29, 0.717) is 22.5 Å². The molecule has 7 nitrogen and oxygen atoms in total. The summed E-state index contributed by atoms with van der Waals surface area (Å²) in [4.78, 5) is 31.9. The number of rotatable bonds is 4. The highest BCUT2D eigenvalue weighted by Crippen LogP contribution is 2.27. The second-order valence-corrected chi connectivity index (χ2v) is 6.42. The third-order valence-electron chi connectivity index (χ3n) is 4.67. The van der Waals surface area contributed by atoms with Gasteiger partial charge in [0.05, 0.1) is 16.3 Å². The number of hydrogen-bond acceptors (Lipinski definition) is 5. The van der Waals surface area contributed by atoms with Crippen molar-refractivity contribution in [3.05, 3.63) is 94.9 Å². The molecule has 3 N–H and O–H groups in total. The Bertz CT molecular complexity index is 1330. The van der Waals surface area contributed by atoms with Gasteiger partial charge in [0.2, 0.25) is 0 Å². The first-order valence-corrected chi connectivity index (χ1v) is 8.88. The molecule has 0 spiro atoms. The molecule has 3 heterocycles. The summed E-state index contributed by atoms with van der Waals surface area (Å²) in [5, 5.41) is 4.86. The zero-order chi connectivity index (χ0) is 18.9. The van der Waals surface area contributed by atoms with E-state index in [1.54, 1.807) is 6.07 Å². The molecule has 7 heteroatoms. The van der Waals surface area contributed by atoms with Crippen molar-refractivity contribution in [1.29, 1.82) is 0 Å². The van der Waals surface area contributed by atoms with Crippen molar-refractivity contribution in [3.8, 4) is 0 Å². The van der Waals surface area contributed by atoms with Crippen LogP contribution in [0.2, 0.25) is 0 Å². The van der Waals surface area contributed by atoms with Crippen LogP contribution in [-0.4, -0.2) is 24.9 Å². The van der Waals surface area contributed by atoms with E-state index in [1.807, 2.05) is 60.8 Å². The van der Waals surface area contributed by atoms with E-state index in [4.69, 9.17) is 4.98 Å². The third-order valence-corrected chi connectivity index (χ3v) is 4.67. The van der Waals surface area contributed by atoms with E-state index in [2.05, 4.69) is 25.3 Å². The van der Waals surface area contributed by atoms with E-state index in [9.17, 15) is 4.79 Å². The van der Waals surface area contributed by atoms with Crippen molar-refractivity contribution < 1.29 is 0 Å². The Morgan fingerprint density at radius 3 is 2.61 bits per heavy atom. The second-order valence-electron chi connectivity index (χ2n) is 6.42. The predicted octanol–water partition coefficient (Wildman–Crippen LogP) is 3.40. The molecular formula is C21H16N6O. The largest absolute Gasteiger partial charge is 0.356 e. The topological polar surface area (TPSA) is 99.4 Å². The molecule has 0 saturated carbocycles. The Labute approximate surface area is 159 Å². The van der Waals surface area contributed by atoms with Crippen molar-refractivity contribution in [3.63, 3.8) is 0 Å². The number of aromatic amines is 2. The highest BCUT2D eigenvalue weighted by atomic mass is 16.1. The molecule has 0 radical (unpaired) electrons. The summed E-state index contributed by atoms with van der Waals surface area (Å²) >= 11 is 0. The van der Waals surface area contributed by atoms with Crippen LogP contribution >= 0.6 is 0 Å². The van der Waals surface area contributed by atoms with Crippen LogP contribution in [0.1, 0.15) is 17.4 Å². The Balaban J connectivity index is 1.67. The molecule has 0 aliphatic rings. The number of fused-ring (bicyclic) bond motifs is 2. The highest BCUT2D eigenvalue weighted by Gasteiger charge is 2.19. The molecule has 0 fully saturated rings. The van der Waals surface area contributed by atoms with Crippen LogP contribution in [0.15, 0.2) is 78.0 Å². The number of nitrogens with zero attached hydrogens (tertiary/aromatic N) is 3. The number of aromatic nitrogens is 5. The number of H-pyrrole nitrogens is 2. The van der Waals surface area contributed by atoms with Crippen LogP contribution < -0.4 is 10.9 Å². The number of para-hydroxylation sites is 1. The molecule has 1 atom stereocenters. The van der Waals surface area contributed by atoms with Crippen LogP contribution in [0, 0.1) is 0 Å². The first-order valence-electron chi connectivity index (χ1n) is 8.88. The zero-order valence-electron chi connectivity index (χ0n) is 14.8. The minimum absolute atomic E-state index is 0.169. The first kappa shape index (κ1) is 16.2. The van der Waals surface area contributed by atoms with Gasteiger partial charge >= 0.3 is 0 Å². The highest BCUT2D eigenvalue weighted by molar-refractivity contribution is 5.87. The van der Waals surface area contributed by atoms with Crippen molar-refractivity contribution >= 4 is 27.8 Å². The molecule has 0 aliphatic heterocycles. The Morgan fingerprint density at radius 2 is 1.71 bits per heavy atom. The van der Waals surface area contributed by atoms with Crippen LogP contribution in [0.5, 0.6) is 0 Å². The van der Waals surface area contributed by atoms with Gasteiger partial charge in [-0.25, -0.2) is 15.0 Å². The van der Waals surface area contributed by atoms with Gasteiger partial charge in [-0.2, -0.15) is 0 Å². The van der Waals surface area contributed by atoms with Crippen molar-refractivity contribution in [2.24, 2.45) is 0 Å². The van der Waals surface area contributed by atoms with Gasteiger partial charge in [-0.1, -0.05) is 42.5 Å². The summed E-state index contributed by atoms with van der Waals surface area (Å²) in [6.45, 7) is 0. The normalized spacial score (nSPS) is 12.3. The monoisotopic (exact) mass is 368 g/mol. The SMILES string of the molecule is O=c1[nH]c(C(Nc2ncnc3[nH]ccc23)c2ccccc2)nc2ccccc12. The van der Waals surface area contributed by atoms with Gasteiger partial charge in [0.15, 0.2) is 0 Å². The lowest BCUT2D eigenvalue weighted by atomic mass is 10.1. The molecule has 5 aromatic rings. The molecule has 2 aromatic carbocycles. The molecule has 28 heavy (non-hydrogen) atoms. The Hall–Kier alpha value is -4.00. The summed E-state index contributed by atoms with van der Waals surface area (Å²) in [7, 11) is 0. The average molecular weight is 368 g/mol. The smallest absolute Gasteiger partial charge is 0.258 e. The predicted molar refractivity (Wildman–Crippen MR) is 108 cm³/mol. The van der Waals surface area contributed by atoms with Crippen LogP contribution in [0.3, 0.4) is 0 Å². The molecule has 0 saturated heterocycles. The minimum atomic E-state index is -0.383. The summed E-state index contributed by atoms with van der Waals surface area (Å²) in [6, 6.07) is 18.7. The molecule has 0 aliphatic carbocycles. The molecule has 0 bridgehead atoms. The maximum atomic E-state index is 12.6. The van der Waals surface area contributed by atoms with Crippen LogP contribution in [-0.2, 0) is 0 Å². The molecule has 0 amide bonds. The third kappa shape index (κ3) is 2.79. The maximum Gasteiger partial charge on any atom is 0.258 e. The van der Waals surface area contributed by atoms with E-state index in [0.717, 1.165) is 16.6 Å². The van der Waals surface area contributed by atoms with Gasteiger partial charge in [0.1, 0.15) is 29.7 Å². The zero-order valence-corrected chi connectivity index (χ0v) is 14.8. The van der Waals surface area contributed by atoms with Crippen molar-refractivity contribution in [2.75, 3.05) is 5.32 Å². The van der Waals surface area contributed by atoms with Crippen molar-refractivity contribution in [2.45, 2.75) is 6.04 Å². The lowest BCUT2D eigenvalue weighted by molar-refractivity contribution is 0.827. The van der Waals surface area contributed by atoms with E-state index in [1.165, 1.54) is 6.33 Å². The van der Waals surface area contributed by atoms with Gasteiger partial charge in [0, 0.05) is 6.20 Å². The lowest BCUT2D eigenvalue weighted by Gasteiger charge is -2.19. The molecule has 3 aromatic heterocycles. The summed E-state index contributed by atoms with van der Waals surface area (Å²) in [5.74, 6) is 1.19. The standard InChI is InChI=1S/C21H16N6O/c28-21-14-8-4-5-9-16(14)25-20(27-21)17(13-6-2-1-3-7-13)26-19-15-10-11-22-18(15)23-12-24-19/h1-12,17H,(H,25,27,28)(H2,22,23,24,26). The summed E-state index contributed by atoms with van der Waals surface area (Å²) in [5.41, 5.74) is 2.18. The fraction of sp³-hybridized carbons (Fsp3) is 0.0476. The lowest BCUT2D eigenvalue weighted by Crippen LogP contribution is -2.21. The van der Waals surface area contributed by atoms with E-state index in [-0.39, 0.29) is 11.6 Å². The summed E-state index contributed by atoms with van der Waals surface area (Å²) < 4.78 is 0. The number of anilines is 1. The number of hydrogen-bond donors (Lipinski definition) is 3. The van der Waals surface area contributed by atoms with Gasteiger partial charge in [-0.15, -0.1) is 0 Å². The second kappa shape index (κ2) is 6.62. The molecular weight excluding hydrogens is 352 g/mol. The number of nitrogens with one attached hydrogen (secondary N) is 3. The fourth-order valence-electron chi connectivity index (χ4n) is 3.32. The van der Waals surface area contributed by atoms with Crippen LogP contribution in [0.4, 0.5) is 5.82 Å². The Kier molecular flexibility index (Phi) is 3.83. The maximum absolute atomic E-state index is 12.6.